The third-order valence-corrected chi connectivity index (χ3v) is 3.33. The van der Waals surface area contributed by atoms with E-state index in [4.69, 9.17) is 10.4 Å². The van der Waals surface area contributed by atoms with E-state index in [2.05, 4.69) is 4.98 Å². The molecule has 0 radical (unpaired) electrons. The molecule has 1 aromatic heterocycles. The topological polar surface area (TPSA) is 94.3 Å². The van der Waals surface area contributed by atoms with Crippen molar-refractivity contribution in [3.8, 4) is 6.07 Å². The summed E-state index contributed by atoms with van der Waals surface area (Å²) in [4.78, 5) is 28.6. The fraction of sp³-hybridized carbons (Fsp3) is 0.429. The van der Waals surface area contributed by atoms with Gasteiger partial charge in [0.25, 0.3) is 0 Å². The van der Waals surface area contributed by atoms with Crippen molar-refractivity contribution < 1.29 is 14.7 Å². The fourth-order valence-electron chi connectivity index (χ4n) is 2.14. The van der Waals surface area contributed by atoms with Gasteiger partial charge in [0.2, 0.25) is 5.91 Å². The molecule has 0 spiro atoms. The minimum Gasteiger partial charge on any atom is -0.481 e. The van der Waals surface area contributed by atoms with Crippen molar-refractivity contribution in [2.75, 3.05) is 6.54 Å². The first kappa shape index (κ1) is 14.0. The fourth-order valence-corrected chi connectivity index (χ4v) is 2.14. The minimum absolute atomic E-state index is 0.184. The number of carbonyl (C=O) groups excluding carboxylic acids is 1. The van der Waals surface area contributed by atoms with E-state index in [0.717, 1.165) is 5.56 Å². The lowest BCUT2D eigenvalue weighted by atomic mass is 10.2. The lowest BCUT2D eigenvalue weighted by Gasteiger charge is -2.21. The number of hydrogen-bond acceptors (Lipinski definition) is 4. The molecule has 0 saturated heterocycles. The summed E-state index contributed by atoms with van der Waals surface area (Å²) in [6.07, 6.45) is 3.93. The molecule has 1 saturated carbocycles. The van der Waals surface area contributed by atoms with Crippen LogP contribution in [0.5, 0.6) is 0 Å². The summed E-state index contributed by atoms with van der Waals surface area (Å²) < 4.78 is 0. The van der Waals surface area contributed by atoms with E-state index in [1.165, 1.54) is 0 Å². The number of nitriles is 1. The molecule has 20 heavy (non-hydrogen) atoms. The summed E-state index contributed by atoms with van der Waals surface area (Å²) in [5, 5.41) is 17.6. The average Bonchev–Trinajstić information content (AvgIpc) is 3.24. The summed E-state index contributed by atoms with van der Waals surface area (Å²) in [7, 11) is 0. The van der Waals surface area contributed by atoms with Crippen LogP contribution in [0.4, 0.5) is 0 Å². The number of hydrogen-bond donors (Lipinski definition) is 1. The highest BCUT2D eigenvalue weighted by Gasteiger charge is 2.49. The van der Waals surface area contributed by atoms with Crippen molar-refractivity contribution in [1.29, 1.82) is 5.26 Å². The number of nitrogens with zero attached hydrogens (tertiary/aromatic N) is 3. The van der Waals surface area contributed by atoms with Gasteiger partial charge in [-0.1, -0.05) is 6.07 Å². The van der Waals surface area contributed by atoms with Gasteiger partial charge in [-0.05, 0) is 18.1 Å². The first-order valence-corrected chi connectivity index (χ1v) is 6.41. The van der Waals surface area contributed by atoms with Crippen LogP contribution >= 0.6 is 0 Å². The summed E-state index contributed by atoms with van der Waals surface area (Å²) in [5.41, 5.74) is 0.867. The predicted molar refractivity (Wildman–Crippen MR) is 69.1 cm³/mol. The zero-order valence-corrected chi connectivity index (χ0v) is 10.9. The van der Waals surface area contributed by atoms with Crippen molar-refractivity contribution in [3.63, 3.8) is 0 Å². The number of aliphatic carboxylic acids is 1. The van der Waals surface area contributed by atoms with Crippen LogP contribution in [0, 0.1) is 23.2 Å². The largest absolute Gasteiger partial charge is 0.481 e. The average molecular weight is 273 g/mol. The van der Waals surface area contributed by atoms with Crippen LogP contribution in [0.25, 0.3) is 0 Å². The molecule has 1 amide bonds. The smallest absolute Gasteiger partial charge is 0.307 e. The molecule has 6 nitrogen and oxygen atoms in total. The number of amides is 1. The second-order valence-corrected chi connectivity index (χ2v) is 4.82. The quantitative estimate of drug-likeness (QED) is 0.835. The maximum Gasteiger partial charge on any atom is 0.307 e. The first-order valence-electron chi connectivity index (χ1n) is 6.41. The maximum atomic E-state index is 12.3. The van der Waals surface area contributed by atoms with Crippen LogP contribution in [-0.2, 0) is 16.1 Å². The van der Waals surface area contributed by atoms with Crippen molar-refractivity contribution in [2.24, 2.45) is 11.8 Å². The Morgan fingerprint density at radius 2 is 2.30 bits per heavy atom. The summed E-state index contributed by atoms with van der Waals surface area (Å²) in [6, 6.07) is 5.63. The van der Waals surface area contributed by atoms with Gasteiger partial charge in [-0.15, -0.1) is 0 Å². The molecule has 2 rings (SSSR count). The Bertz CT molecular complexity index is 538. The maximum absolute atomic E-state index is 12.3. The summed E-state index contributed by atoms with van der Waals surface area (Å²) in [6.45, 7) is 0.671. The lowest BCUT2D eigenvalue weighted by Crippen LogP contribution is -2.33. The molecule has 0 bridgehead atoms. The molecular weight excluding hydrogens is 258 g/mol. The predicted octanol–water partition coefficient (Wildman–Crippen LogP) is 1.04. The van der Waals surface area contributed by atoms with Gasteiger partial charge in [-0.2, -0.15) is 5.26 Å². The Labute approximate surface area is 116 Å². The molecule has 1 aliphatic rings. The van der Waals surface area contributed by atoms with Gasteiger partial charge in [-0.3, -0.25) is 14.6 Å². The molecule has 1 aromatic rings. The van der Waals surface area contributed by atoms with Crippen LogP contribution in [0.1, 0.15) is 18.4 Å². The molecule has 0 aromatic carbocycles. The van der Waals surface area contributed by atoms with Gasteiger partial charge < -0.3 is 10.0 Å². The van der Waals surface area contributed by atoms with Gasteiger partial charge in [0.15, 0.2) is 0 Å². The van der Waals surface area contributed by atoms with Gasteiger partial charge in [-0.25, -0.2) is 0 Å². The van der Waals surface area contributed by atoms with E-state index in [1.807, 2.05) is 12.1 Å². The summed E-state index contributed by atoms with van der Waals surface area (Å²) in [5.74, 6) is -2.12. The number of rotatable bonds is 6. The monoisotopic (exact) mass is 273 g/mol. The highest BCUT2D eigenvalue weighted by atomic mass is 16.4. The second kappa shape index (κ2) is 6.15. The van der Waals surface area contributed by atoms with Crippen LogP contribution in [0.15, 0.2) is 24.5 Å². The Balaban J connectivity index is 2.02. The highest BCUT2D eigenvalue weighted by Crippen LogP contribution is 2.40. The van der Waals surface area contributed by atoms with E-state index in [-0.39, 0.29) is 12.3 Å². The third kappa shape index (κ3) is 3.32. The Hall–Kier alpha value is -2.42. The molecule has 1 heterocycles. The highest BCUT2D eigenvalue weighted by molar-refractivity contribution is 5.89. The number of carboxylic acid groups (broad SMARTS) is 1. The SMILES string of the molecule is N#CCCN(Cc1cccnc1)C(=O)[C@@H]1C[C@@H]1C(=O)O. The van der Waals surface area contributed by atoms with E-state index in [9.17, 15) is 9.59 Å². The molecular formula is C14H15N3O3. The molecule has 0 aliphatic heterocycles. The number of carboxylic acids is 1. The number of pyridine rings is 1. The lowest BCUT2D eigenvalue weighted by molar-refractivity contribution is -0.142. The molecule has 2 atom stereocenters. The number of carbonyl (C=O) groups is 2. The Morgan fingerprint density at radius 1 is 1.50 bits per heavy atom. The molecule has 1 N–H and O–H groups in total. The molecule has 6 heteroatoms. The Morgan fingerprint density at radius 3 is 2.85 bits per heavy atom. The van der Waals surface area contributed by atoms with Crippen LogP contribution in [0.3, 0.4) is 0 Å². The zero-order chi connectivity index (χ0) is 14.5. The van der Waals surface area contributed by atoms with Crippen molar-refractivity contribution in [2.45, 2.75) is 19.4 Å². The van der Waals surface area contributed by atoms with E-state index in [0.29, 0.717) is 19.5 Å². The van der Waals surface area contributed by atoms with E-state index >= 15 is 0 Å². The molecule has 1 aliphatic carbocycles. The minimum atomic E-state index is -0.926. The first-order chi connectivity index (χ1) is 9.63. The normalized spacial score (nSPS) is 19.9. The van der Waals surface area contributed by atoms with E-state index < -0.39 is 17.8 Å². The number of aromatic nitrogens is 1. The third-order valence-electron chi connectivity index (χ3n) is 3.33. The van der Waals surface area contributed by atoms with E-state index in [1.54, 1.807) is 23.4 Å². The molecule has 104 valence electrons. The van der Waals surface area contributed by atoms with Crippen molar-refractivity contribution in [1.82, 2.24) is 9.88 Å². The molecule has 0 unspecified atom stereocenters. The standard InChI is InChI=1S/C14H15N3O3/c15-4-2-6-17(9-10-3-1-5-16-8-10)13(18)11-7-12(11)14(19)20/h1,3,5,8,11-12H,2,6-7,9H2,(H,19,20)/t11-,12+/m1/s1. The van der Waals surface area contributed by atoms with Gasteiger partial charge in [0, 0.05) is 25.5 Å². The zero-order valence-electron chi connectivity index (χ0n) is 10.9. The molecule has 1 fully saturated rings. The van der Waals surface area contributed by atoms with Crippen molar-refractivity contribution in [3.05, 3.63) is 30.1 Å². The van der Waals surface area contributed by atoms with Gasteiger partial charge in [0.1, 0.15) is 0 Å². The van der Waals surface area contributed by atoms with Crippen LogP contribution in [-0.4, -0.2) is 33.4 Å². The van der Waals surface area contributed by atoms with Crippen LogP contribution in [0.2, 0.25) is 0 Å². The van der Waals surface area contributed by atoms with Gasteiger partial charge >= 0.3 is 5.97 Å². The second-order valence-electron chi connectivity index (χ2n) is 4.82. The summed E-state index contributed by atoms with van der Waals surface area (Å²) >= 11 is 0. The van der Waals surface area contributed by atoms with Crippen molar-refractivity contribution >= 4 is 11.9 Å². The van der Waals surface area contributed by atoms with Crippen LogP contribution < -0.4 is 0 Å². The Kier molecular flexibility index (Phi) is 4.31. The van der Waals surface area contributed by atoms with Gasteiger partial charge in [0.05, 0.1) is 24.3 Å².